The van der Waals surface area contributed by atoms with Crippen molar-refractivity contribution < 1.29 is 4.79 Å². The Morgan fingerprint density at radius 2 is 1.79 bits per heavy atom. The van der Waals surface area contributed by atoms with Crippen LogP contribution in [0, 0.1) is 28.6 Å². The molecule has 19 heavy (non-hydrogen) atoms. The molecular formula is C17H25NO. The number of hydrogen-bond acceptors (Lipinski definition) is 1. The lowest BCUT2D eigenvalue weighted by atomic mass is 9.55. The third-order valence-electron chi connectivity index (χ3n) is 7.56. The maximum atomic E-state index is 13.1. The number of fused-ring (bicyclic) bond motifs is 2. The first kappa shape index (κ1) is 11.2. The second-order valence-electron chi connectivity index (χ2n) is 8.39. The van der Waals surface area contributed by atoms with Gasteiger partial charge in [-0.2, -0.15) is 0 Å². The van der Waals surface area contributed by atoms with Gasteiger partial charge in [-0.05, 0) is 81.0 Å². The van der Waals surface area contributed by atoms with E-state index in [0.29, 0.717) is 11.3 Å². The van der Waals surface area contributed by atoms with Crippen molar-refractivity contribution >= 4 is 5.91 Å². The second-order valence-corrected chi connectivity index (χ2v) is 8.39. The number of rotatable bonds is 1. The number of carbonyl (C=O) groups excluding carboxylic acids is 1. The van der Waals surface area contributed by atoms with Gasteiger partial charge in [-0.25, -0.2) is 0 Å². The third kappa shape index (κ3) is 1.22. The van der Waals surface area contributed by atoms with E-state index in [1.165, 1.54) is 57.8 Å². The van der Waals surface area contributed by atoms with Crippen LogP contribution in [0.5, 0.6) is 0 Å². The molecule has 1 aliphatic heterocycles. The highest BCUT2D eigenvalue weighted by molar-refractivity contribution is 5.84. The number of hydrogen-bond donors (Lipinski definition) is 0. The first-order chi connectivity index (χ1) is 9.22. The first-order valence-corrected chi connectivity index (χ1v) is 8.51. The summed E-state index contributed by atoms with van der Waals surface area (Å²) in [5, 5.41) is 0. The molecule has 1 spiro atoms. The fraction of sp³-hybridized carbons (Fsp3) is 0.941. The van der Waals surface area contributed by atoms with Crippen LogP contribution in [-0.2, 0) is 4.79 Å². The summed E-state index contributed by atoms with van der Waals surface area (Å²) >= 11 is 0. The Kier molecular flexibility index (Phi) is 1.98. The van der Waals surface area contributed by atoms with Crippen molar-refractivity contribution in [1.82, 2.24) is 4.90 Å². The lowest BCUT2D eigenvalue weighted by molar-refractivity contribution is -0.145. The average molecular weight is 259 g/mol. The van der Waals surface area contributed by atoms with E-state index in [9.17, 15) is 4.79 Å². The highest BCUT2D eigenvalue weighted by atomic mass is 16.2. The monoisotopic (exact) mass is 259 g/mol. The Bertz CT molecular complexity index is 437. The van der Waals surface area contributed by atoms with Gasteiger partial charge in [0.15, 0.2) is 0 Å². The van der Waals surface area contributed by atoms with Crippen LogP contribution in [0.25, 0.3) is 0 Å². The summed E-state index contributed by atoms with van der Waals surface area (Å²) in [6.45, 7) is 2.10. The maximum Gasteiger partial charge on any atom is 0.228 e. The molecule has 3 bridgehead atoms. The van der Waals surface area contributed by atoms with E-state index < -0.39 is 0 Å². The van der Waals surface area contributed by atoms with Crippen LogP contribution in [0.2, 0.25) is 0 Å². The fourth-order valence-corrected chi connectivity index (χ4v) is 7.04. The molecule has 0 aromatic carbocycles. The van der Waals surface area contributed by atoms with Crippen LogP contribution in [0.1, 0.15) is 57.8 Å². The molecule has 4 aliphatic carbocycles. The van der Waals surface area contributed by atoms with Gasteiger partial charge in [0.05, 0.1) is 5.41 Å². The number of carbonyl (C=O) groups is 1. The van der Waals surface area contributed by atoms with E-state index in [-0.39, 0.29) is 5.41 Å². The summed E-state index contributed by atoms with van der Waals surface area (Å²) in [6, 6.07) is 0. The van der Waals surface area contributed by atoms with Crippen LogP contribution in [0.15, 0.2) is 0 Å². The van der Waals surface area contributed by atoms with Crippen LogP contribution in [-0.4, -0.2) is 23.9 Å². The van der Waals surface area contributed by atoms with E-state index in [1.807, 2.05) is 0 Å². The lowest BCUT2D eigenvalue weighted by Gasteiger charge is -2.49. The zero-order valence-corrected chi connectivity index (χ0v) is 11.9. The normalized spacial score (nSPS) is 54.1. The minimum Gasteiger partial charge on any atom is -0.342 e. The number of amides is 1. The summed E-state index contributed by atoms with van der Waals surface area (Å²) in [4.78, 5) is 15.4. The van der Waals surface area contributed by atoms with E-state index in [2.05, 4.69) is 4.90 Å². The quantitative estimate of drug-likeness (QED) is 0.708. The average Bonchev–Trinajstić information content (AvgIpc) is 2.75. The Balaban J connectivity index is 1.47. The zero-order valence-electron chi connectivity index (χ0n) is 11.9. The van der Waals surface area contributed by atoms with Gasteiger partial charge in [0.25, 0.3) is 0 Å². The van der Waals surface area contributed by atoms with Gasteiger partial charge in [0, 0.05) is 13.1 Å². The van der Waals surface area contributed by atoms with Gasteiger partial charge in [0.2, 0.25) is 5.91 Å². The summed E-state index contributed by atoms with van der Waals surface area (Å²) in [5.74, 6) is 3.42. The molecule has 1 saturated heterocycles. The number of likely N-dealkylation sites (tertiary alicyclic amines) is 1. The predicted molar refractivity (Wildman–Crippen MR) is 73.5 cm³/mol. The Morgan fingerprint density at radius 1 is 0.947 bits per heavy atom. The Hall–Kier alpha value is -0.530. The first-order valence-electron chi connectivity index (χ1n) is 8.51. The Morgan fingerprint density at radius 3 is 2.63 bits per heavy atom. The molecule has 1 heterocycles. The maximum absolute atomic E-state index is 13.1. The van der Waals surface area contributed by atoms with Crippen molar-refractivity contribution in [3.8, 4) is 0 Å². The molecule has 5 aliphatic rings. The third-order valence-corrected chi connectivity index (χ3v) is 7.56. The zero-order chi connectivity index (χ0) is 12.7. The molecule has 5 unspecified atom stereocenters. The molecule has 2 nitrogen and oxygen atoms in total. The molecule has 0 aromatic rings. The van der Waals surface area contributed by atoms with Crippen LogP contribution in [0.4, 0.5) is 0 Å². The van der Waals surface area contributed by atoms with E-state index in [0.717, 1.165) is 30.8 Å². The SMILES string of the molecule is O=C(N1CCCCC1)C12CC3CC4CC(C1)C4(C3)C2. The molecule has 2 heteroatoms. The molecule has 104 valence electrons. The van der Waals surface area contributed by atoms with Gasteiger partial charge < -0.3 is 4.90 Å². The van der Waals surface area contributed by atoms with Gasteiger partial charge in [-0.15, -0.1) is 0 Å². The molecule has 5 rings (SSSR count). The van der Waals surface area contributed by atoms with Gasteiger partial charge in [-0.1, -0.05) is 0 Å². The van der Waals surface area contributed by atoms with Gasteiger partial charge in [0.1, 0.15) is 0 Å². The van der Waals surface area contributed by atoms with Crippen LogP contribution in [0.3, 0.4) is 0 Å². The standard InChI is InChI=1S/C17H25NO/c19-15(18-4-2-1-3-5-18)16-8-12-6-13-7-14(10-16)17(13,9-12)11-16/h12-14H,1-11H2. The smallest absolute Gasteiger partial charge is 0.228 e. The summed E-state index contributed by atoms with van der Waals surface area (Å²) < 4.78 is 0. The van der Waals surface area contributed by atoms with E-state index >= 15 is 0 Å². The Labute approximate surface area is 115 Å². The summed E-state index contributed by atoms with van der Waals surface area (Å²) in [7, 11) is 0. The molecule has 5 atom stereocenters. The summed E-state index contributed by atoms with van der Waals surface area (Å²) in [6.07, 6.45) is 12.0. The number of piperidine rings is 1. The summed E-state index contributed by atoms with van der Waals surface area (Å²) in [5.41, 5.74) is 0.768. The molecule has 0 N–H and O–H groups in total. The molecule has 0 aromatic heterocycles. The minimum atomic E-state index is 0.107. The van der Waals surface area contributed by atoms with Crippen molar-refractivity contribution in [3.05, 3.63) is 0 Å². The molecule has 0 radical (unpaired) electrons. The number of nitrogens with zero attached hydrogens (tertiary/aromatic N) is 1. The minimum absolute atomic E-state index is 0.107. The van der Waals surface area contributed by atoms with Crippen LogP contribution >= 0.6 is 0 Å². The van der Waals surface area contributed by atoms with E-state index in [4.69, 9.17) is 0 Å². The largest absolute Gasteiger partial charge is 0.342 e. The van der Waals surface area contributed by atoms with Gasteiger partial charge >= 0.3 is 0 Å². The fourth-order valence-electron chi connectivity index (χ4n) is 7.04. The molecular weight excluding hydrogens is 234 g/mol. The van der Waals surface area contributed by atoms with Crippen LogP contribution < -0.4 is 0 Å². The van der Waals surface area contributed by atoms with E-state index in [1.54, 1.807) is 0 Å². The van der Waals surface area contributed by atoms with Crippen molar-refractivity contribution in [2.45, 2.75) is 57.8 Å². The van der Waals surface area contributed by atoms with Crippen molar-refractivity contribution in [2.75, 3.05) is 13.1 Å². The lowest BCUT2D eigenvalue weighted by Crippen LogP contribution is -2.47. The molecule has 1 amide bonds. The molecule has 5 fully saturated rings. The topological polar surface area (TPSA) is 20.3 Å². The highest BCUT2D eigenvalue weighted by Gasteiger charge is 2.72. The van der Waals surface area contributed by atoms with Crippen molar-refractivity contribution in [3.63, 3.8) is 0 Å². The highest BCUT2D eigenvalue weighted by Crippen LogP contribution is 2.79. The predicted octanol–water partition coefficient (Wildman–Crippen LogP) is 3.22. The van der Waals surface area contributed by atoms with Crippen molar-refractivity contribution in [1.29, 1.82) is 0 Å². The second kappa shape index (κ2) is 3.38. The molecule has 4 saturated carbocycles. The van der Waals surface area contributed by atoms with Gasteiger partial charge in [-0.3, -0.25) is 4.79 Å². The van der Waals surface area contributed by atoms with Crippen molar-refractivity contribution in [2.24, 2.45) is 28.6 Å².